The van der Waals surface area contributed by atoms with E-state index in [4.69, 9.17) is 4.74 Å². The van der Waals surface area contributed by atoms with Crippen molar-refractivity contribution in [2.75, 3.05) is 5.32 Å². The van der Waals surface area contributed by atoms with Crippen molar-refractivity contribution in [2.24, 2.45) is 5.92 Å². The van der Waals surface area contributed by atoms with Crippen molar-refractivity contribution in [2.45, 2.75) is 57.5 Å². The summed E-state index contributed by atoms with van der Waals surface area (Å²) in [5.74, 6) is 0.112. The Kier molecular flexibility index (Phi) is 8.70. The number of alkyl halides is 3. The zero-order valence-corrected chi connectivity index (χ0v) is 20.6. The van der Waals surface area contributed by atoms with Crippen molar-refractivity contribution < 1.29 is 31.9 Å². The maximum atomic E-state index is 14.6. The van der Waals surface area contributed by atoms with Crippen LogP contribution in [0.5, 0.6) is 11.5 Å². The smallest absolute Gasteiger partial charge is 0.433 e. The first-order chi connectivity index (χ1) is 18.2. The zero-order valence-electron chi connectivity index (χ0n) is 20.6. The quantitative estimate of drug-likeness (QED) is 0.265. The standard InChI is InChI=1S/C28H27F4N3O3/c29-23-15-18(3-1-5-21(36)6-2-4-19-11-13-33-25(16-19)28(30,31)32)7-10-24(23)38-22-12-14-34-26(17-22)35-27(37)20-8-9-20/h7,10-17,20H,1-6,8-9H2,(H,34,35,37). The van der Waals surface area contributed by atoms with Gasteiger partial charge in [-0.3, -0.25) is 14.6 Å². The predicted molar refractivity (Wildman–Crippen MR) is 132 cm³/mol. The summed E-state index contributed by atoms with van der Waals surface area (Å²) in [5, 5.41) is 2.72. The van der Waals surface area contributed by atoms with Gasteiger partial charge in [0.25, 0.3) is 0 Å². The molecular weight excluding hydrogens is 502 g/mol. The Bertz CT molecular complexity index is 1290. The molecule has 1 aliphatic carbocycles. The molecule has 200 valence electrons. The minimum atomic E-state index is -4.49. The molecule has 0 bridgehead atoms. The van der Waals surface area contributed by atoms with E-state index in [1.54, 1.807) is 12.1 Å². The van der Waals surface area contributed by atoms with Crippen molar-refractivity contribution in [3.05, 3.63) is 77.5 Å². The van der Waals surface area contributed by atoms with Crippen LogP contribution in [0.2, 0.25) is 0 Å². The molecule has 1 aromatic carbocycles. The first-order valence-corrected chi connectivity index (χ1v) is 12.4. The Morgan fingerprint density at radius 1 is 0.921 bits per heavy atom. The fourth-order valence-corrected chi connectivity index (χ4v) is 3.92. The number of ether oxygens (including phenoxy) is 1. The van der Waals surface area contributed by atoms with E-state index in [1.165, 1.54) is 30.5 Å². The molecule has 0 atom stereocenters. The Balaban J connectivity index is 1.20. The topological polar surface area (TPSA) is 81.2 Å². The molecule has 1 amide bonds. The van der Waals surface area contributed by atoms with Crippen LogP contribution in [0, 0.1) is 11.7 Å². The van der Waals surface area contributed by atoms with Gasteiger partial charge < -0.3 is 10.1 Å². The number of Topliss-reactive ketones (excluding diaryl/α,β-unsaturated/α-hetero) is 1. The molecule has 10 heteroatoms. The number of aromatic nitrogens is 2. The molecule has 1 aliphatic rings. The molecular formula is C28H27F4N3O3. The van der Waals surface area contributed by atoms with Crippen molar-refractivity contribution in [1.29, 1.82) is 0 Å². The average Bonchev–Trinajstić information content (AvgIpc) is 3.72. The van der Waals surface area contributed by atoms with Gasteiger partial charge in [0.1, 0.15) is 23.0 Å². The van der Waals surface area contributed by atoms with Crippen LogP contribution in [0.3, 0.4) is 0 Å². The average molecular weight is 530 g/mol. The summed E-state index contributed by atoms with van der Waals surface area (Å²) < 4.78 is 58.5. The molecule has 6 nitrogen and oxygen atoms in total. The van der Waals surface area contributed by atoms with Gasteiger partial charge in [0.15, 0.2) is 11.6 Å². The Hall–Kier alpha value is -3.82. The maximum absolute atomic E-state index is 14.6. The van der Waals surface area contributed by atoms with Gasteiger partial charge in [-0.05, 0) is 80.0 Å². The molecule has 1 saturated carbocycles. The van der Waals surface area contributed by atoms with Crippen molar-refractivity contribution >= 4 is 17.5 Å². The lowest BCUT2D eigenvalue weighted by molar-refractivity contribution is -0.141. The normalized spacial score (nSPS) is 13.3. The number of hydrogen-bond donors (Lipinski definition) is 1. The van der Waals surface area contributed by atoms with Crippen LogP contribution < -0.4 is 10.1 Å². The lowest BCUT2D eigenvalue weighted by Gasteiger charge is -2.10. The highest BCUT2D eigenvalue weighted by Gasteiger charge is 2.32. The fourth-order valence-electron chi connectivity index (χ4n) is 3.92. The largest absolute Gasteiger partial charge is 0.454 e. The molecule has 38 heavy (non-hydrogen) atoms. The molecule has 2 aromatic heterocycles. The van der Waals surface area contributed by atoms with Gasteiger partial charge >= 0.3 is 6.18 Å². The molecule has 3 aromatic rings. The summed E-state index contributed by atoms with van der Waals surface area (Å²) in [6, 6.07) is 10.2. The van der Waals surface area contributed by atoms with Crippen LogP contribution in [-0.2, 0) is 28.6 Å². The van der Waals surface area contributed by atoms with Crippen LogP contribution in [-0.4, -0.2) is 21.7 Å². The van der Waals surface area contributed by atoms with Crippen LogP contribution in [0.4, 0.5) is 23.4 Å². The minimum Gasteiger partial charge on any atom is -0.454 e. The number of carbonyl (C=O) groups excluding carboxylic acids is 2. The summed E-state index contributed by atoms with van der Waals surface area (Å²) in [7, 11) is 0. The number of halogens is 4. The highest BCUT2D eigenvalue weighted by Crippen LogP contribution is 2.31. The van der Waals surface area contributed by atoms with E-state index in [0.29, 0.717) is 54.8 Å². The third-order valence-corrected chi connectivity index (χ3v) is 6.11. The summed E-state index contributed by atoms with van der Waals surface area (Å²) in [6.07, 6.45) is 2.23. The van der Waals surface area contributed by atoms with E-state index in [-0.39, 0.29) is 29.8 Å². The second kappa shape index (κ2) is 12.1. The highest BCUT2D eigenvalue weighted by molar-refractivity contribution is 5.93. The van der Waals surface area contributed by atoms with Gasteiger partial charge in [-0.1, -0.05) is 6.07 Å². The number of nitrogens with one attached hydrogen (secondary N) is 1. The number of ketones is 1. The lowest BCUT2D eigenvalue weighted by Crippen LogP contribution is -2.14. The number of pyridine rings is 2. The van der Waals surface area contributed by atoms with Crippen LogP contribution in [0.25, 0.3) is 0 Å². The maximum Gasteiger partial charge on any atom is 0.433 e. The summed E-state index contributed by atoms with van der Waals surface area (Å²) in [4.78, 5) is 31.5. The zero-order chi connectivity index (χ0) is 27.1. The second-order valence-electron chi connectivity index (χ2n) is 9.30. The predicted octanol–water partition coefficient (Wildman–Crippen LogP) is 6.69. The molecule has 0 radical (unpaired) electrons. The van der Waals surface area contributed by atoms with Gasteiger partial charge in [0.2, 0.25) is 5.91 Å². The van der Waals surface area contributed by atoms with E-state index < -0.39 is 17.7 Å². The number of hydrogen-bond acceptors (Lipinski definition) is 5. The first-order valence-electron chi connectivity index (χ1n) is 12.4. The van der Waals surface area contributed by atoms with E-state index in [2.05, 4.69) is 15.3 Å². The van der Waals surface area contributed by atoms with Gasteiger partial charge in [0, 0.05) is 37.2 Å². The number of carbonyl (C=O) groups is 2. The van der Waals surface area contributed by atoms with Crippen molar-refractivity contribution in [3.8, 4) is 11.5 Å². The van der Waals surface area contributed by atoms with Crippen LogP contribution in [0.15, 0.2) is 54.9 Å². The van der Waals surface area contributed by atoms with Gasteiger partial charge in [0.05, 0.1) is 0 Å². The lowest BCUT2D eigenvalue weighted by atomic mass is 10.0. The molecule has 0 spiro atoms. The Labute approximate surface area is 217 Å². The first kappa shape index (κ1) is 27.2. The number of benzene rings is 1. The molecule has 2 heterocycles. The number of anilines is 1. The molecule has 1 fully saturated rings. The van der Waals surface area contributed by atoms with E-state index in [1.807, 2.05) is 0 Å². The van der Waals surface area contributed by atoms with Crippen molar-refractivity contribution in [1.82, 2.24) is 9.97 Å². The molecule has 0 aliphatic heterocycles. The van der Waals surface area contributed by atoms with E-state index in [0.717, 1.165) is 25.1 Å². The van der Waals surface area contributed by atoms with Crippen LogP contribution >= 0.6 is 0 Å². The summed E-state index contributed by atoms with van der Waals surface area (Å²) >= 11 is 0. The summed E-state index contributed by atoms with van der Waals surface area (Å²) in [5.41, 5.74) is 0.267. The third-order valence-electron chi connectivity index (χ3n) is 6.11. The third kappa shape index (κ3) is 8.09. The molecule has 1 N–H and O–H groups in total. The van der Waals surface area contributed by atoms with Gasteiger partial charge in [-0.15, -0.1) is 0 Å². The SMILES string of the molecule is O=C(CCCc1ccnc(C(F)(F)F)c1)CCCc1ccc(Oc2ccnc(NC(=O)C3CC3)c2)c(F)c1. The van der Waals surface area contributed by atoms with E-state index >= 15 is 0 Å². The fraction of sp³-hybridized carbons (Fsp3) is 0.357. The number of rotatable bonds is 12. The van der Waals surface area contributed by atoms with Crippen LogP contribution in [0.1, 0.15) is 55.3 Å². The van der Waals surface area contributed by atoms with Gasteiger partial charge in [-0.25, -0.2) is 9.37 Å². The molecule has 0 saturated heterocycles. The Morgan fingerprint density at radius 2 is 1.61 bits per heavy atom. The monoisotopic (exact) mass is 529 g/mol. The number of aryl methyl sites for hydroxylation is 2. The van der Waals surface area contributed by atoms with Crippen molar-refractivity contribution in [3.63, 3.8) is 0 Å². The molecule has 0 unspecified atom stereocenters. The van der Waals surface area contributed by atoms with Gasteiger partial charge in [-0.2, -0.15) is 13.2 Å². The van der Waals surface area contributed by atoms with E-state index in [9.17, 15) is 27.2 Å². The number of amides is 1. The highest BCUT2D eigenvalue weighted by atomic mass is 19.4. The number of nitrogens with zero attached hydrogens (tertiary/aromatic N) is 2. The Morgan fingerprint density at radius 3 is 2.26 bits per heavy atom. The molecule has 4 rings (SSSR count). The summed E-state index contributed by atoms with van der Waals surface area (Å²) in [6.45, 7) is 0. The second-order valence-corrected chi connectivity index (χ2v) is 9.30. The minimum absolute atomic E-state index is 0.0118.